The molecule has 2 heterocycles. The van der Waals surface area contributed by atoms with Gasteiger partial charge >= 0.3 is 13.8 Å². The van der Waals surface area contributed by atoms with Crippen molar-refractivity contribution in [3.63, 3.8) is 0 Å². The Morgan fingerprint density at radius 3 is 2.67 bits per heavy atom. The monoisotopic (exact) mass is 450 g/mol. The molecule has 1 aromatic heterocycles. The number of nitrogens with zero attached hydrogens (tertiary/aromatic N) is 1. The van der Waals surface area contributed by atoms with Gasteiger partial charge in [0.25, 0.3) is 0 Å². The van der Waals surface area contributed by atoms with Crippen LogP contribution in [0.4, 0.5) is 0 Å². The summed E-state index contributed by atoms with van der Waals surface area (Å²) in [5.74, 6) is -0.899. The molecule has 0 radical (unpaired) electrons. The van der Waals surface area contributed by atoms with E-state index in [0.717, 1.165) is 0 Å². The van der Waals surface area contributed by atoms with Crippen LogP contribution in [-0.4, -0.2) is 41.3 Å². The van der Waals surface area contributed by atoms with Crippen molar-refractivity contribution in [3.8, 4) is 5.75 Å². The summed E-state index contributed by atoms with van der Waals surface area (Å²) >= 11 is 11.4. The lowest BCUT2D eigenvalue weighted by Gasteiger charge is -2.15. The van der Waals surface area contributed by atoms with Crippen LogP contribution in [0.1, 0.15) is 23.7 Å². The second-order valence-electron chi connectivity index (χ2n) is 5.32. The van der Waals surface area contributed by atoms with Gasteiger partial charge in [-0.15, -0.1) is 0 Å². The van der Waals surface area contributed by atoms with Crippen LogP contribution in [0, 0.1) is 6.92 Å². The number of ether oxygens (including phenoxy) is 1. The molecule has 1 aliphatic heterocycles. The van der Waals surface area contributed by atoms with Crippen molar-refractivity contribution in [2.45, 2.75) is 26.6 Å². The summed E-state index contributed by atoms with van der Waals surface area (Å²) in [4.78, 5) is 34.7. The SMILES string of the molecule is Cc1ncc(COP(=O)(O)O)c(/C=C2\SC(=S)NC2=S)c1OC(=O)C(C)O. The number of phosphoric acid groups is 1. The quantitative estimate of drug-likeness (QED) is 0.217. The van der Waals surface area contributed by atoms with Gasteiger partial charge in [-0.05, 0) is 19.9 Å². The van der Waals surface area contributed by atoms with Gasteiger partial charge in [-0.3, -0.25) is 9.51 Å². The lowest BCUT2D eigenvalue weighted by molar-refractivity contribution is -0.142. The van der Waals surface area contributed by atoms with Crippen molar-refractivity contribution >= 4 is 65.4 Å². The number of aliphatic hydroxyl groups excluding tert-OH is 1. The van der Waals surface area contributed by atoms with E-state index in [4.69, 9.17) is 39.0 Å². The van der Waals surface area contributed by atoms with E-state index in [1.807, 2.05) is 0 Å². The van der Waals surface area contributed by atoms with Crippen LogP contribution in [0.3, 0.4) is 0 Å². The van der Waals surface area contributed by atoms with Crippen molar-refractivity contribution in [1.82, 2.24) is 10.3 Å². The number of hydrogen-bond acceptors (Lipinski definition) is 9. The highest BCUT2D eigenvalue weighted by Crippen LogP contribution is 2.39. The number of rotatable bonds is 6. The zero-order valence-corrected chi connectivity index (χ0v) is 17.4. The molecule has 1 unspecified atom stereocenters. The minimum absolute atomic E-state index is 0.0152. The Morgan fingerprint density at radius 1 is 1.48 bits per heavy atom. The van der Waals surface area contributed by atoms with Gasteiger partial charge in [0.1, 0.15) is 15.4 Å². The molecule has 1 aromatic rings. The molecule has 146 valence electrons. The summed E-state index contributed by atoms with van der Waals surface area (Å²) < 4.78 is 21.3. The number of pyridine rings is 1. The second kappa shape index (κ2) is 8.84. The van der Waals surface area contributed by atoms with Crippen LogP contribution < -0.4 is 10.1 Å². The number of aliphatic hydroxyl groups is 1. The number of carbonyl (C=O) groups excluding carboxylic acids is 1. The summed E-state index contributed by atoms with van der Waals surface area (Å²) in [5.41, 5.74) is 0.840. The Balaban J connectivity index is 2.55. The van der Waals surface area contributed by atoms with Crippen LogP contribution >= 0.6 is 44.0 Å². The summed E-state index contributed by atoms with van der Waals surface area (Å²) in [5, 5.41) is 12.2. The molecule has 2 rings (SSSR count). The summed E-state index contributed by atoms with van der Waals surface area (Å²) in [6.45, 7) is 2.32. The first kappa shape index (κ1) is 22.1. The van der Waals surface area contributed by atoms with Gasteiger partial charge in [0.2, 0.25) is 0 Å². The molecule has 0 amide bonds. The molecule has 1 fully saturated rings. The predicted octanol–water partition coefficient (Wildman–Crippen LogP) is 1.58. The highest BCUT2D eigenvalue weighted by atomic mass is 32.2. The molecule has 0 spiro atoms. The zero-order valence-electron chi connectivity index (χ0n) is 14.0. The van der Waals surface area contributed by atoms with Crippen LogP contribution in [0.25, 0.3) is 6.08 Å². The van der Waals surface area contributed by atoms with Crippen molar-refractivity contribution < 1.29 is 33.5 Å². The molecule has 0 bridgehead atoms. The second-order valence-corrected chi connectivity index (χ2v) is 8.69. The molecule has 27 heavy (non-hydrogen) atoms. The van der Waals surface area contributed by atoms with E-state index in [0.29, 0.717) is 19.9 Å². The third kappa shape index (κ3) is 6.13. The largest absolute Gasteiger partial charge is 0.469 e. The molecule has 1 saturated heterocycles. The molecule has 4 N–H and O–H groups in total. The third-order valence-corrected chi connectivity index (χ3v) is 5.28. The van der Waals surface area contributed by atoms with Crippen LogP contribution in [0.2, 0.25) is 0 Å². The van der Waals surface area contributed by atoms with Crippen molar-refractivity contribution in [2.75, 3.05) is 0 Å². The first-order chi connectivity index (χ1) is 12.5. The number of esters is 1. The smallest absolute Gasteiger partial charge is 0.422 e. The molecule has 0 aliphatic carbocycles. The van der Waals surface area contributed by atoms with E-state index in [9.17, 15) is 14.5 Å². The van der Waals surface area contributed by atoms with Gasteiger partial charge in [-0.25, -0.2) is 9.36 Å². The van der Waals surface area contributed by atoms with E-state index in [1.165, 1.54) is 24.9 Å². The Morgan fingerprint density at radius 2 is 2.15 bits per heavy atom. The fraction of sp³-hybridized carbons (Fsp3) is 0.286. The molecule has 9 nitrogen and oxygen atoms in total. The topological polar surface area (TPSA) is 138 Å². The molecule has 1 atom stereocenters. The number of aryl methyl sites for hydroxylation is 1. The molecule has 0 saturated carbocycles. The fourth-order valence-electron chi connectivity index (χ4n) is 1.94. The first-order valence-electron chi connectivity index (χ1n) is 7.31. The van der Waals surface area contributed by atoms with Gasteiger partial charge in [0.15, 0.2) is 5.75 Å². The standard InChI is InChI=1S/C14H15N2O7PS3/c1-6-11(23-13(18)7(2)17)9(3-10-12(25)16-14(26)27-10)8(4-15-6)5-22-24(19,20)21/h3-4,7,17H,5H2,1-2H3,(H,16,25,26)(H2,19,20,21)/b10-3-. The maximum atomic E-state index is 11.9. The Kier molecular flexibility index (Phi) is 7.22. The number of hydrogen-bond donors (Lipinski definition) is 4. The lowest BCUT2D eigenvalue weighted by Crippen LogP contribution is -2.23. The highest BCUT2D eigenvalue weighted by Gasteiger charge is 2.24. The highest BCUT2D eigenvalue weighted by molar-refractivity contribution is 8.27. The van der Waals surface area contributed by atoms with Gasteiger partial charge in [-0.2, -0.15) is 0 Å². The third-order valence-electron chi connectivity index (χ3n) is 3.18. The minimum atomic E-state index is -4.74. The number of aromatic nitrogens is 1. The number of nitrogens with one attached hydrogen (secondary N) is 1. The van der Waals surface area contributed by atoms with Gasteiger partial charge < -0.3 is 24.9 Å². The first-order valence-corrected chi connectivity index (χ1v) is 10.5. The molecule has 0 aromatic carbocycles. The Labute approximate surface area is 169 Å². The molecular formula is C14H15N2O7PS3. The number of thiocarbonyl (C=S) groups is 2. The van der Waals surface area contributed by atoms with Crippen molar-refractivity contribution in [1.29, 1.82) is 0 Å². The van der Waals surface area contributed by atoms with Crippen LogP contribution in [-0.2, 0) is 20.5 Å². The minimum Gasteiger partial charge on any atom is -0.422 e. The van der Waals surface area contributed by atoms with E-state index in [1.54, 1.807) is 13.0 Å². The molecular weight excluding hydrogens is 435 g/mol. The van der Waals surface area contributed by atoms with Crippen LogP contribution in [0.15, 0.2) is 11.1 Å². The summed E-state index contributed by atoms with van der Waals surface area (Å²) in [6.07, 6.45) is 1.51. The zero-order chi connectivity index (χ0) is 20.4. The average Bonchev–Trinajstić information content (AvgIpc) is 2.86. The van der Waals surface area contributed by atoms with Gasteiger partial charge in [0.05, 0.1) is 17.2 Å². The molecule has 1 aliphatic rings. The predicted molar refractivity (Wildman–Crippen MR) is 107 cm³/mol. The van der Waals surface area contributed by atoms with Gasteiger partial charge in [-0.1, -0.05) is 36.2 Å². The number of carbonyl (C=O) groups is 1. The Hall–Kier alpha value is -1.24. The van der Waals surface area contributed by atoms with Crippen LogP contribution in [0.5, 0.6) is 5.75 Å². The summed E-state index contributed by atoms with van der Waals surface area (Å²) in [7, 11) is -4.74. The maximum absolute atomic E-state index is 11.9. The van der Waals surface area contributed by atoms with Gasteiger partial charge in [0, 0.05) is 17.3 Å². The van der Waals surface area contributed by atoms with E-state index < -0.39 is 26.5 Å². The number of phosphoric ester groups is 1. The lowest BCUT2D eigenvalue weighted by atomic mass is 10.1. The van der Waals surface area contributed by atoms with E-state index in [-0.39, 0.29) is 16.9 Å². The average molecular weight is 450 g/mol. The van der Waals surface area contributed by atoms with E-state index >= 15 is 0 Å². The van der Waals surface area contributed by atoms with Crippen molar-refractivity contribution in [3.05, 3.63) is 27.9 Å². The fourth-order valence-corrected chi connectivity index (χ4v) is 3.70. The Bertz CT molecular complexity index is 882. The number of thioether (sulfide) groups is 1. The maximum Gasteiger partial charge on any atom is 0.469 e. The van der Waals surface area contributed by atoms with Crippen molar-refractivity contribution in [2.24, 2.45) is 0 Å². The van der Waals surface area contributed by atoms with E-state index in [2.05, 4.69) is 14.8 Å². The summed E-state index contributed by atoms with van der Waals surface area (Å²) in [6, 6.07) is 0. The molecule has 13 heteroatoms. The normalized spacial score (nSPS) is 17.1.